The summed E-state index contributed by atoms with van der Waals surface area (Å²) < 4.78 is 39.6. The predicted octanol–water partition coefficient (Wildman–Crippen LogP) is 5.10. The lowest BCUT2D eigenvalue weighted by Crippen LogP contribution is -2.14. The zero-order valence-corrected chi connectivity index (χ0v) is 16.9. The van der Waals surface area contributed by atoms with Gasteiger partial charge < -0.3 is 0 Å². The van der Waals surface area contributed by atoms with Gasteiger partial charge in [-0.3, -0.25) is 24.9 Å². The van der Waals surface area contributed by atoms with Crippen LogP contribution in [0, 0.1) is 0 Å². The number of nitrogens with zero attached hydrogens (tertiary/aromatic N) is 3. The number of carbonyl (C=O) groups is 2. The van der Waals surface area contributed by atoms with Crippen LogP contribution in [-0.4, -0.2) is 26.6 Å². The number of halogens is 3. The number of carbonyl (C=O) groups excluding carboxylic acids is 2. The SMILES string of the molecule is O=C(Nc1nccs1)c1ccc(-c2ccc(C(=O)c3ccccc3C(F)(F)F)nc2)nc1. The smallest absolute Gasteiger partial charge is 0.298 e. The van der Waals surface area contributed by atoms with Gasteiger partial charge in [-0.2, -0.15) is 13.2 Å². The largest absolute Gasteiger partial charge is 0.417 e. The van der Waals surface area contributed by atoms with Crippen molar-refractivity contribution in [2.75, 3.05) is 5.32 Å². The maximum atomic E-state index is 13.2. The first-order valence-corrected chi connectivity index (χ1v) is 10.0. The number of hydrogen-bond donors (Lipinski definition) is 1. The third kappa shape index (κ3) is 4.54. The lowest BCUT2D eigenvalue weighted by atomic mass is 10.0. The summed E-state index contributed by atoms with van der Waals surface area (Å²) in [5.41, 5.74) is -0.244. The molecular weight excluding hydrogens is 441 g/mol. The van der Waals surface area contributed by atoms with Gasteiger partial charge in [-0.1, -0.05) is 18.2 Å². The number of alkyl halides is 3. The van der Waals surface area contributed by atoms with Gasteiger partial charge in [-0.25, -0.2) is 4.98 Å². The molecule has 0 aliphatic carbocycles. The molecule has 0 aliphatic rings. The Bertz CT molecular complexity index is 1260. The van der Waals surface area contributed by atoms with Gasteiger partial charge >= 0.3 is 6.18 Å². The third-order valence-electron chi connectivity index (χ3n) is 4.45. The number of nitrogens with one attached hydrogen (secondary N) is 1. The first-order chi connectivity index (χ1) is 15.3. The molecule has 0 bridgehead atoms. The van der Waals surface area contributed by atoms with Gasteiger partial charge in [0.1, 0.15) is 5.69 Å². The molecule has 3 aromatic heterocycles. The van der Waals surface area contributed by atoms with Gasteiger partial charge in [0.05, 0.1) is 16.8 Å². The predicted molar refractivity (Wildman–Crippen MR) is 112 cm³/mol. The second kappa shape index (κ2) is 8.67. The van der Waals surface area contributed by atoms with Crippen molar-refractivity contribution in [2.45, 2.75) is 6.18 Å². The van der Waals surface area contributed by atoms with E-state index in [1.54, 1.807) is 23.7 Å². The molecule has 0 atom stereocenters. The van der Waals surface area contributed by atoms with E-state index < -0.39 is 23.1 Å². The summed E-state index contributed by atoms with van der Waals surface area (Å²) in [6.07, 6.45) is -0.341. The van der Waals surface area contributed by atoms with E-state index >= 15 is 0 Å². The zero-order chi connectivity index (χ0) is 22.7. The highest BCUT2D eigenvalue weighted by Gasteiger charge is 2.35. The molecule has 0 fully saturated rings. The zero-order valence-electron chi connectivity index (χ0n) is 16.1. The number of amides is 1. The van der Waals surface area contributed by atoms with Crippen LogP contribution < -0.4 is 5.32 Å². The summed E-state index contributed by atoms with van der Waals surface area (Å²) in [5, 5.41) is 4.85. The van der Waals surface area contributed by atoms with Crippen LogP contribution in [0.5, 0.6) is 0 Å². The highest BCUT2D eigenvalue weighted by atomic mass is 32.1. The van der Waals surface area contributed by atoms with E-state index in [0.717, 1.165) is 12.1 Å². The van der Waals surface area contributed by atoms with Gasteiger partial charge in [0, 0.05) is 35.1 Å². The highest BCUT2D eigenvalue weighted by Crippen LogP contribution is 2.32. The maximum absolute atomic E-state index is 13.2. The van der Waals surface area contributed by atoms with Crippen LogP contribution in [0.25, 0.3) is 11.3 Å². The van der Waals surface area contributed by atoms with Gasteiger partial charge in [-0.15, -0.1) is 11.3 Å². The summed E-state index contributed by atoms with van der Waals surface area (Å²) in [7, 11) is 0. The van der Waals surface area contributed by atoms with Crippen LogP contribution in [0.4, 0.5) is 18.3 Å². The Morgan fingerprint density at radius 1 is 0.906 bits per heavy atom. The lowest BCUT2D eigenvalue weighted by molar-refractivity contribution is -0.137. The first-order valence-electron chi connectivity index (χ1n) is 9.17. The van der Waals surface area contributed by atoms with Gasteiger partial charge in [0.25, 0.3) is 5.91 Å². The van der Waals surface area contributed by atoms with E-state index in [1.807, 2.05) is 0 Å². The summed E-state index contributed by atoms with van der Waals surface area (Å²) in [6.45, 7) is 0. The van der Waals surface area contributed by atoms with Crippen LogP contribution in [0.15, 0.2) is 72.5 Å². The summed E-state index contributed by atoms with van der Waals surface area (Å²) in [4.78, 5) is 37.0. The first kappa shape index (κ1) is 21.3. The molecule has 6 nitrogen and oxygen atoms in total. The number of ketones is 1. The molecular formula is C22H13F3N4O2S. The van der Waals surface area contributed by atoms with Crippen molar-refractivity contribution in [3.05, 3.63) is 94.9 Å². The molecule has 0 aliphatic heterocycles. The van der Waals surface area contributed by atoms with E-state index in [0.29, 0.717) is 22.0 Å². The Kier molecular flexibility index (Phi) is 5.78. The Morgan fingerprint density at radius 3 is 2.34 bits per heavy atom. The normalized spacial score (nSPS) is 11.2. The Morgan fingerprint density at radius 2 is 1.72 bits per heavy atom. The molecule has 0 saturated heterocycles. The molecule has 10 heteroatoms. The summed E-state index contributed by atoms with van der Waals surface area (Å²) in [5.74, 6) is -1.19. The molecule has 0 radical (unpaired) electrons. The molecule has 160 valence electrons. The monoisotopic (exact) mass is 454 g/mol. The number of thiazole rings is 1. The number of aromatic nitrogens is 3. The average molecular weight is 454 g/mol. The van der Waals surface area contributed by atoms with Gasteiger partial charge in [0.2, 0.25) is 5.78 Å². The van der Waals surface area contributed by atoms with Crippen molar-refractivity contribution in [3.63, 3.8) is 0 Å². The van der Waals surface area contributed by atoms with E-state index in [-0.39, 0.29) is 11.6 Å². The summed E-state index contributed by atoms with van der Waals surface area (Å²) in [6, 6.07) is 10.6. The second-order valence-electron chi connectivity index (χ2n) is 6.53. The molecule has 3 heterocycles. The number of rotatable bonds is 5. The topological polar surface area (TPSA) is 84.8 Å². The third-order valence-corrected chi connectivity index (χ3v) is 5.14. The molecule has 1 N–H and O–H groups in total. The van der Waals surface area contributed by atoms with E-state index in [1.165, 1.54) is 48.0 Å². The molecule has 1 aromatic carbocycles. The van der Waals surface area contributed by atoms with Gasteiger partial charge in [0.15, 0.2) is 5.13 Å². The van der Waals surface area contributed by atoms with E-state index in [2.05, 4.69) is 20.3 Å². The van der Waals surface area contributed by atoms with Gasteiger partial charge in [-0.05, 0) is 30.3 Å². The minimum atomic E-state index is -4.65. The number of benzene rings is 1. The standard InChI is InChI=1S/C22H13F3N4O2S/c23-22(24,25)16-4-2-1-3-15(16)19(30)18-8-5-13(11-28-18)17-7-6-14(12-27-17)20(31)29-21-26-9-10-32-21/h1-12H,(H,26,29,31). The Hall–Kier alpha value is -3.92. The van der Waals surface area contributed by atoms with E-state index in [4.69, 9.17) is 0 Å². The van der Waals surface area contributed by atoms with E-state index in [9.17, 15) is 22.8 Å². The molecule has 4 aromatic rings. The summed E-state index contributed by atoms with van der Waals surface area (Å²) >= 11 is 1.29. The van der Waals surface area contributed by atoms with Crippen LogP contribution in [0.2, 0.25) is 0 Å². The fraction of sp³-hybridized carbons (Fsp3) is 0.0455. The van der Waals surface area contributed by atoms with Crippen molar-refractivity contribution in [1.29, 1.82) is 0 Å². The van der Waals surface area contributed by atoms with Crippen LogP contribution in [0.1, 0.15) is 32.0 Å². The molecule has 32 heavy (non-hydrogen) atoms. The van der Waals surface area contributed by atoms with Crippen molar-refractivity contribution in [1.82, 2.24) is 15.0 Å². The van der Waals surface area contributed by atoms with Crippen molar-refractivity contribution in [3.8, 4) is 11.3 Å². The van der Waals surface area contributed by atoms with Crippen molar-refractivity contribution >= 4 is 28.2 Å². The minimum Gasteiger partial charge on any atom is -0.298 e. The van der Waals surface area contributed by atoms with Crippen LogP contribution in [0.3, 0.4) is 0 Å². The average Bonchev–Trinajstić information content (AvgIpc) is 3.31. The molecule has 1 amide bonds. The Balaban J connectivity index is 1.52. The van der Waals surface area contributed by atoms with Crippen molar-refractivity contribution in [2.24, 2.45) is 0 Å². The van der Waals surface area contributed by atoms with Crippen molar-refractivity contribution < 1.29 is 22.8 Å². The fourth-order valence-corrected chi connectivity index (χ4v) is 3.42. The molecule has 0 unspecified atom stereocenters. The number of hydrogen-bond acceptors (Lipinski definition) is 6. The van der Waals surface area contributed by atoms with Crippen LogP contribution in [-0.2, 0) is 6.18 Å². The maximum Gasteiger partial charge on any atom is 0.417 e. The number of anilines is 1. The molecule has 0 saturated carbocycles. The quantitative estimate of drug-likeness (QED) is 0.424. The number of pyridine rings is 2. The van der Waals surface area contributed by atoms with Crippen LogP contribution >= 0.6 is 11.3 Å². The highest BCUT2D eigenvalue weighted by molar-refractivity contribution is 7.13. The fourth-order valence-electron chi connectivity index (χ4n) is 2.90. The molecule has 0 spiro atoms. The Labute approximate surface area is 183 Å². The molecule has 4 rings (SSSR count). The lowest BCUT2D eigenvalue weighted by Gasteiger charge is -2.11. The minimum absolute atomic E-state index is 0.120. The second-order valence-corrected chi connectivity index (χ2v) is 7.42.